The predicted octanol–water partition coefficient (Wildman–Crippen LogP) is 1.41. The molecule has 0 bridgehead atoms. The molecule has 136 valence electrons. The molecule has 0 aliphatic heterocycles. The zero-order chi connectivity index (χ0) is 18.6. The van der Waals surface area contributed by atoms with Gasteiger partial charge in [0.1, 0.15) is 10.0 Å². The van der Waals surface area contributed by atoms with Crippen LogP contribution in [-0.4, -0.2) is 46.7 Å². The van der Waals surface area contributed by atoms with E-state index in [2.05, 4.69) is 30.5 Å². The Hall–Kier alpha value is -2.56. The van der Waals surface area contributed by atoms with Gasteiger partial charge in [-0.3, -0.25) is 0 Å². The molecular weight excluding hydrogens is 378 g/mol. The molecule has 0 unspecified atom stereocenters. The first-order chi connectivity index (χ1) is 12.5. The minimum absolute atomic E-state index is 0.0634. The molecule has 0 aliphatic rings. The molecule has 0 spiro atoms. The van der Waals surface area contributed by atoms with Crippen LogP contribution >= 0.6 is 11.6 Å². The van der Waals surface area contributed by atoms with E-state index in [0.29, 0.717) is 18.1 Å². The average Bonchev–Trinajstić information content (AvgIpc) is 3.10. The number of pyridine rings is 1. The minimum Gasteiger partial charge on any atom is -0.351 e. The van der Waals surface area contributed by atoms with Crippen LogP contribution in [-0.2, 0) is 10.0 Å². The van der Waals surface area contributed by atoms with Gasteiger partial charge in [0, 0.05) is 19.3 Å². The summed E-state index contributed by atoms with van der Waals surface area (Å²) in [4.78, 5) is 3.92. The van der Waals surface area contributed by atoms with Crippen LogP contribution in [0.25, 0.3) is 5.69 Å². The predicted molar refractivity (Wildman–Crippen MR) is 96.8 cm³/mol. The highest BCUT2D eigenvalue weighted by Gasteiger charge is 2.15. The molecule has 0 aliphatic carbocycles. The molecule has 3 rings (SSSR count). The first-order valence-corrected chi connectivity index (χ1v) is 9.53. The van der Waals surface area contributed by atoms with Crippen molar-refractivity contribution in [3.63, 3.8) is 0 Å². The van der Waals surface area contributed by atoms with E-state index in [1.54, 1.807) is 6.92 Å². The lowest BCUT2D eigenvalue weighted by Crippen LogP contribution is -2.29. The zero-order valence-electron chi connectivity index (χ0n) is 13.8. The summed E-state index contributed by atoms with van der Waals surface area (Å²) in [6.45, 7) is 2.14. The second kappa shape index (κ2) is 7.77. The summed E-state index contributed by atoms with van der Waals surface area (Å²) in [6, 6.07) is 10.8. The number of rotatable bonds is 7. The Bertz CT molecular complexity index is 992. The van der Waals surface area contributed by atoms with Crippen LogP contribution < -0.4 is 10.0 Å². The van der Waals surface area contributed by atoms with Gasteiger partial charge in [-0.1, -0.05) is 34.9 Å². The van der Waals surface area contributed by atoms with Crippen LogP contribution in [0.5, 0.6) is 0 Å². The molecule has 2 N–H and O–H groups in total. The molecule has 2 aromatic heterocycles. The second-order valence-corrected chi connectivity index (χ2v) is 7.48. The van der Waals surface area contributed by atoms with Crippen molar-refractivity contribution < 1.29 is 8.42 Å². The van der Waals surface area contributed by atoms with Crippen LogP contribution in [0.2, 0.25) is 5.15 Å². The number of para-hydroxylation sites is 1. The van der Waals surface area contributed by atoms with Crippen molar-refractivity contribution in [1.82, 2.24) is 29.9 Å². The van der Waals surface area contributed by atoms with Crippen molar-refractivity contribution >= 4 is 27.6 Å². The Balaban J connectivity index is 1.59. The molecule has 3 aromatic rings. The molecule has 0 amide bonds. The maximum absolute atomic E-state index is 12.3. The molecule has 2 heterocycles. The molecule has 0 saturated carbocycles. The van der Waals surface area contributed by atoms with E-state index in [1.165, 1.54) is 16.9 Å². The number of anilines is 1. The molecule has 0 fully saturated rings. The third-order valence-electron chi connectivity index (χ3n) is 3.47. The van der Waals surface area contributed by atoms with Crippen LogP contribution in [0.4, 0.5) is 5.95 Å². The largest absolute Gasteiger partial charge is 0.351 e. The molecule has 11 heteroatoms. The summed E-state index contributed by atoms with van der Waals surface area (Å²) in [6.07, 6.45) is 1.22. The van der Waals surface area contributed by atoms with Crippen molar-refractivity contribution in [2.24, 2.45) is 0 Å². The lowest BCUT2D eigenvalue weighted by molar-refractivity contribution is 0.582. The summed E-state index contributed by atoms with van der Waals surface area (Å²) in [5.74, 6) is 0.416. The number of nitrogens with one attached hydrogen (secondary N) is 2. The highest BCUT2D eigenvalue weighted by atomic mass is 35.5. The van der Waals surface area contributed by atoms with Gasteiger partial charge in [-0.2, -0.15) is 4.68 Å². The van der Waals surface area contributed by atoms with Crippen LogP contribution in [0.15, 0.2) is 47.5 Å². The minimum atomic E-state index is -3.67. The van der Waals surface area contributed by atoms with Crippen molar-refractivity contribution in [3.05, 3.63) is 53.3 Å². The number of halogens is 1. The summed E-state index contributed by atoms with van der Waals surface area (Å²) in [5.41, 5.74) is 1.39. The van der Waals surface area contributed by atoms with Gasteiger partial charge in [0.25, 0.3) is 0 Å². The van der Waals surface area contributed by atoms with Crippen LogP contribution in [0, 0.1) is 6.92 Å². The van der Waals surface area contributed by atoms with Gasteiger partial charge in [-0.15, -0.1) is 0 Å². The van der Waals surface area contributed by atoms with Gasteiger partial charge in [-0.25, -0.2) is 18.1 Å². The van der Waals surface area contributed by atoms with E-state index in [9.17, 15) is 8.42 Å². The van der Waals surface area contributed by atoms with E-state index in [1.807, 2.05) is 30.3 Å². The second-order valence-electron chi connectivity index (χ2n) is 5.35. The Morgan fingerprint density at radius 3 is 2.69 bits per heavy atom. The number of hydrogen-bond donors (Lipinski definition) is 2. The number of benzene rings is 1. The van der Waals surface area contributed by atoms with Gasteiger partial charge in [0.15, 0.2) is 0 Å². The number of aryl methyl sites for hydroxylation is 1. The van der Waals surface area contributed by atoms with Crippen LogP contribution in [0.3, 0.4) is 0 Å². The van der Waals surface area contributed by atoms with Gasteiger partial charge < -0.3 is 5.32 Å². The fourth-order valence-corrected chi connectivity index (χ4v) is 3.33. The monoisotopic (exact) mass is 393 g/mol. The Kier molecular flexibility index (Phi) is 5.45. The highest BCUT2D eigenvalue weighted by Crippen LogP contribution is 2.16. The Labute approximate surface area is 155 Å². The summed E-state index contributed by atoms with van der Waals surface area (Å²) >= 11 is 5.82. The number of nitrogens with zero attached hydrogens (tertiary/aromatic N) is 5. The maximum Gasteiger partial charge on any atom is 0.247 e. The van der Waals surface area contributed by atoms with E-state index in [0.717, 1.165) is 5.69 Å². The third-order valence-corrected chi connectivity index (χ3v) is 5.29. The van der Waals surface area contributed by atoms with Gasteiger partial charge >= 0.3 is 0 Å². The summed E-state index contributed by atoms with van der Waals surface area (Å²) < 4.78 is 28.6. The molecule has 0 atom stereocenters. The lowest BCUT2D eigenvalue weighted by Gasteiger charge is -2.09. The fourth-order valence-electron chi connectivity index (χ4n) is 2.16. The topological polar surface area (TPSA) is 115 Å². The molecular formula is C15H16ClN7O2S. The van der Waals surface area contributed by atoms with Gasteiger partial charge in [-0.05, 0) is 41.1 Å². The third kappa shape index (κ3) is 4.15. The SMILES string of the molecule is Cc1cc(S(=O)(=O)NCCNc2nnnn2-c2ccccc2)cnc1Cl. The van der Waals surface area contributed by atoms with E-state index in [-0.39, 0.29) is 16.6 Å². The van der Waals surface area contributed by atoms with Gasteiger partial charge in [0.05, 0.1) is 5.69 Å². The normalized spacial score (nSPS) is 11.5. The standard InChI is InChI=1S/C15H16ClN7O2S/c1-11-9-13(10-18-14(11)16)26(24,25)19-8-7-17-15-20-21-22-23(15)12-5-3-2-4-6-12/h2-6,9-10,19H,7-8H2,1H3,(H,17,20,22). The van der Waals surface area contributed by atoms with E-state index < -0.39 is 10.0 Å². The zero-order valence-corrected chi connectivity index (χ0v) is 15.4. The summed E-state index contributed by atoms with van der Waals surface area (Å²) in [7, 11) is -3.67. The molecule has 26 heavy (non-hydrogen) atoms. The first-order valence-electron chi connectivity index (χ1n) is 7.67. The first kappa shape index (κ1) is 18.2. The van der Waals surface area contributed by atoms with Crippen molar-refractivity contribution in [2.45, 2.75) is 11.8 Å². The quantitative estimate of drug-likeness (QED) is 0.460. The van der Waals surface area contributed by atoms with E-state index in [4.69, 9.17) is 11.6 Å². The average molecular weight is 394 g/mol. The maximum atomic E-state index is 12.3. The fraction of sp³-hybridized carbons (Fsp3) is 0.200. The number of sulfonamides is 1. The van der Waals surface area contributed by atoms with E-state index >= 15 is 0 Å². The van der Waals surface area contributed by atoms with Crippen molar-refractivity contribution in [2.75, 3.05) is 18.4 Å². The molecule has 0 radical (unpaired) electrons. The Morgan fingerprint density at radius 1 is 1.19 bits per heavy atom. The number of aromatic nitrogens is 5. The smallest absolute Gasteiger partial charge is 0.247 e. The summed E-state index contributed by atoms with van der Waals surface area (Å²) in [5, 5.41) is 14.7. The van der Waals surface area contributed by atoms with Crippen molar-refractivity contribution in [3.8, 4) is 5.69 Å². The van der Waals surface area contributed by atoms with Crippen molar-refractivity contribution in [1.29, 1.82) is 0 Å². The highest BCUT2D eigenvalue weighted by molar-refractivity contribution is 7.89. The van der Waals surface area contributed by atoms with Crippen LogP contribution in [0.1, 0.15) is 5.56 Å². The molecule has 1 aromatic carbocycles. The lowest BCUT2D eigenvalue weighted by atomic mass is 10.3. The number of hydrogen-bond acceptors (Lipinski definition) is 7. The molecule has 9 nitrogen and oxygen atoms in total. The Morgan fingerprint density at radius 2 is 1.96 bits per heavy atom. The number of tetrazole rings is 1. The molecule has 0 saturated heterocycles. The van der Waals surface area contributed by atoms with Gasteiger partial charge in [0.2, 0.25) is 16.0 Å².